The van der Waals surface area contributed by atoms with Crippen LogP contribution < -0.4 is 24.0 Å². The highest BCUT2D eigenvalue weighted by Gasteiger charge is 2.28. The molecule has 3 aromatic rings. The zero-order valence-electron chi connectivity index (χ0n) is 19.4. The van der Waals surface area contributed by atoms with E-state index < -0.39 is 0 Å². The Morgan fingerprint density at radius 2 is 1.59 bits per heavy atom. The lowest BCUT2D eigenvalue weighted by Crippen LogP contribution is -2.21. The van der Waals surface area contributed by atoms with Gasteiger partial charge >= 0.3 is 0 Å². The van der Waals surface area contributed by atoms with Crippen molar-refractivity contribution < 1.29 is 23.7 Å². The number of carbonyl (C=O) groups excluding carboxylic acids is 1. The van der Waals surface area contributed by atoms with Gasteiger partial charge in [0.05, 0.1) is 31.2 Å². The second-order valence-corrected chi connectivity index (χ2v) is 7.48. The Morgan fingerprint density at radius 1 is 0.824 bits per heavy atom. The van der Waals surface area contributed by atoms with Gasteiger partial charge in [-0.05, 0) is 55.0 Å². The molecule has 7 nitrogen and oxygen atoms in total. The minimum Gasteiger partial charge on any atom is -0.497 e. The fourth-order valence-corrected chi connectivity index (χ4v) is 3.49. The Morgan fingerprint density at radius 3 is 2.35 bits per heavy atom. The number of rotatable bonds is 9. The van der Waals surface area contributed by atoms with Crippen LogP contribution >= 0.6 is 0 Å². The smallest absolute Gasteiger partial charge is 0.280 e. The third kappa shape index (κ3) is 5.20. The lowest BCUT2D eigenvalue weighted by molar-refractivity contribution is -0.114. The number of anilines is 1. The number of hydrogen-bond acceptors (Lipinski definition) is 6. The van der Waals surface area contributed by atoms with E-state index in [1.165, 1.54) is 5.01 Å². The van der Waals surface area contributed by atoms with Crippen LogP contribution in [0.2, 0.25) is 0 Å². The van der Waals surface area contributed by atoms with Gasteiger partial charge in [0.15, 0.2) is 11.5 Å². The number of carbonyl (C=O) groups is 1. The van der Waals surface area contributed by atoms with E-state index in [0.717, 1.165) is 17.0 Å². The molecule has 4 rings (SSSR count). The molecule has 1 aliphatic heterocycles. The predicted octanol–water partition coefficient (Wildman–Crippen LogP) is 4.97. The molecule has 0 aliphatic carbocycles. The fourth-order valence-electron chi connectivity index (χ4n) is 3.49. The van der Waals surface area contributed by atoms with Gasteiger partial charge in [-0.25, -0.2) is 0 Å². The summed E-state index contributed by atoms with van der Waals surface area (Å²) in [7, 11) is 3.19. The summed E-state index contributed by atoms with van der Waals surface area (Å²) in [5.74, 6) is 2.43. The molecular weight excluding hydrogens is 432 g/mol. The molecule has 0 spiro atoms. The molecule has 0 radical (unpaired) electrons. The van der Waals surface area contributed by atoms with E-state index in [9.17, 15) is 4.79 Å². The Balaban J connectivity index is 1.41. The van der Waals surface area contributed by atoms with E-state index in [0.29, 0.717) is 41.7 Å². The standard InChI is InChI=1S/C27H26N2O5/c1-19-24(27(30)29(28-19)21-8-5-4-6-9-21)16-20-12-13-25(26(17-20)32-3)34-15-14-33-23-11-7-10-22(18-23)31-2/h4-13,16-18H,14-15H2,1-3H3/b24-16-. The zero-order chi connectivity index (χ0) is 23.9. The minimum atomic E-state index is -0.169. The maximum absolute atomic E-state index is 12.9. The topological polar surface area (TPSA) is 69.6 Å². The third-order valence-corrected chi connectivity index (χ3v) is 5.21. The highest BCUT2D eigenvalue weighted by molar-refractivity contribution is 6.32. The average Bonchev–Trinajstić information content (AvgIpc) is 3.16. The van der Waals surface area contributed by atoms with Crippen LogP contribution in [0.15, 0.2) is 83.5 Å². The van der Waals surface area contributed by atoms with Crippen LogP contribution in [0.5, 0.6) is 23.0 Å². The van der Waals surface area contributed by atoms with Crippen molar-refractivity contribution in [1.29, 1.82) is 0 Å². The summed E-state index contributed by atoms with van der Waals surface area (Å²) in [6, 6.07) is 22.3. The number of benzene rings is 3. The number of nitrogens with zero attached hydrogens (tertiary/aromatic N) is 2. The van der Waals surface area contributed by atoms with Crippen molar-refractivity contribution in [2.24, 2.45) is 5.10 Å². The van der Waals surface area contributed by atoms with Gasteiger partial charge in [-0.1, -0.05) is 30.3 Å². The molecule has 0 bridgehead atoms. The van der Waals surface area contributed by atoms with Gasteiger partial charge in [0.2, 0.25) is 0 Å². The second kappa shape index (κ2) is 10.6. The Hall–Kier alpha value is -4.26. The maximum atomic E-state index is 12.9. The molecule has 0 saturated heterocycles. The number of amides is 1. The van der Waals surface area contributed by atoms with Crippen molar-refractivity contribution in [2.75, 3.05) is 32.4 Å². The Bertz CT molecular complexity index is 1220. The summed E-state index contributed by atoms with van der Waals surface area (Å²) in [6.45, 7) is 2.52. The molecule has 0 unspecified atom stereocenters. The molecule has 174 valence electrons. The largest absolute Gasteiger partial charge is 0.497 e. The number of hydrogen-bond donors (Lipinski definition) is 0. The molecule has 0 aromatic heterocycles. The molecule has 3 aromatic carbocycles. The molecule has 0 fully saturated rings. The first-order valence-corrected chi connectivity index (χ1v) is 10.8. The second-order valence-electron chi connectivity index (χ2n) is 7.48. The van der Waals surface area contributed by atoms with Crippen LogP contribution in [0, 0.1) is 0 Å². The van der Waals surface area contributed by atoms with Crippen LogP contribution in [0.4, 0.5) is 5.69 Å². The van der Waals surface area contributed by atoms with Crippen molar-refractivity contribution in [3.63, 3.8) is 0 Å². The molecular formula is C27H26N2O5. The van der Waals surface area contributed by atoms with Crippen LogP contribution in [0.3, 0.4) is 0 Å². The van der Waals surface area contributed by atoms with Gasteiger partial charge in [0.1, 0.15) is 24.7 Å². The Labute approximate surface area is 198 Å². The van der Waals surface area contributed by atoms with Crippen LogP contribution in [0.25, 0.3) is 6.08 Å². The van der Waals surface area contributed by atoms with E-state index in [1.54, 1.807) is 14.2 Å². The van der Waals surface area contributed by atoms with Crippen molar-refractivity contribution in [3.05, 3.63) is 83.9 Å². The summed E-state index contributed by atoms with van der Waals surface area (Å²) in [5, 5.41) is 5.83. The summed E-state index contributed by atoms with van der Waals surface area (Å²) in [5.41, 5.74) is 2.73. The minimum absolute atomic E-state index is 0.169. The number of para-hydroxylation sites is 1. The van der Waals surface area contributed by atoms with Crippen molar-refractivity contribution >= 4 is 23.4 Å². The molecule has 1 amide bonds. The van der Waals surface area contributed by atoms with Crippen LogP contribution in [0.1, 0.15) is 12.5 Å². The summed E-state index contributed by atoms with van der Waals surface area (Å²) < 4.78 is 22.3. The zero-order valence-corrected chi connectivity index (χ0v) is 19.4. The van der Waals surface area contributed by atoms with Gasteiger partial charge in [-0.15, -0.1) is 0 Å². The van der Waals surface area contributed by atoms with E-state index in [2.05, 4.69) is 5.10 Å². The first-order valence-electron chi connectivity index (χ1n) is 10.8. The van der Waals surface area contributed by atoms with Gasteiger partial charge in [0.25, 0.3) is 5.91 Å². The average molecular weight is 459 g/mol. The summed E-state index contributed by atoms with van der Waals surface area (Å²) >= 11 is 0. The van der Waals surface area contributed by atoms with Gasteiger partial charge in [-0.3, -0.25) is 4.79 Å². The monoisotopic (exact) mass is 458 g/mol. The van der Waals surface area contributed by atoms with Crippen molar-refractivity contribution in [3.8, 4) is 23.0 Å². The lowest BCUT2D eigenvalue weighted by Gasteiger charge is -2.13. The van der Waals surface area contributed by atoms with Gasteiger partial charge < -0.3 is 18.9 Å². The van der Waals surface area contributed by atoms with E-state index in [-0.39, 0.29) is 5.91 Å². The van der Waals surface area contributed by atoms with Crippen molar-refractivity contribution in [1.82, 2.24) is 0 Å². The predicted molar refractivity (Wildman–Crippen MR) is 132 cm³/mol. The number of hydrazone groups is 1. The normalized spacial score (nSPS) is 14.2. The molecule has 7 heteroatoms. The fraction of sp³-hybridized carbons (Fsp3) is 0.185. The molecule has 1 aliphatic rings. The molecule has 34 heavy (non-hydrogen) atoms. The summed E-state index contributed by atoms with van der Waals surface area (Å²) in [4.78, 5) is 12.9. The van der Waals surface area contributed by atoms with Crippen LogP contribution in [-0.2, 0) is 4.79 Å². The van der Waals surface area contributed by atoms with E-state index in [4.69, 9.17) is 18.9 Å². The molecule has 0 N–H and O–H groups in total. The van der Waals surface area contributed by atoms with Gasteiger partial charge in [0, 0.05) is 6.07 Å². The molecule has 1 heterocycles. The van der Waals surface area contributed by atoms with Gasteiger partial charge in [-0.2, -0.15) is 10.1 Å². The Kier molecular flexibility index (Phi) is 7.13. The highest BCUT2D eigenvalue weighted by Crippen LogP contribution is 2.30. The first-order chi connectivity index (χ1) is 16.6. The third-order valence-electron chi connectivity index (χ3n) is 5.21. The molecule has 0 atom stereocenters. The summed E-state index contributed by atoms with van der Waals surface area (Å²) in [6.07, 6.45) is 1.81. The van der Waals surface area contributed by atoms with E-state index >= 15 is 0 Å². The highest BCUT2D eigenvalue weighted by atomic mass is 16.5. The number of methoxy groups -OCH3 is 2. The van der Waals surface area contributed by atoms with E-state index in [1.807, 2.05) is 85.8 Å². The van der Waals surface area contributed by atoms with Crippen molar-refractivity contribution in [2.45, 2.75) is 6.92 Å². The lowest BCUT2D eigenvalue weighted by atomic mass is 10.1. The van der Waals surface area contributed by atoms with Crippen LogP contribution in [-0.4, -0.2) is 39.1 Å². The maximum Gasteiger partial charge on any atom is 0.280 e. The quantitative estimate of drug-likeness (QED) is 0.335. The SMILES string of the molecule is COc1cccc(OCCOc2ccc(/C=C3\C(=O)N(c4ccccc4)N=C3C)cc2OC)c1. The molecule has 0 saturated carbocycles. The first kappa shape index (κ1) is 22.9. The number of ether oxygens (including phenoxy) is 4.